The van der Waals surface area contributed by atoms with Gasteiger partial charge in [0.25, 0.3) is 0 Å². The summed E-state index contributed by atoms with van der Waals surface area (Å²) in [5, 5.41) is 6.21. The largest absolute Gasteiger partial charge is 0.361 e. The average molecular weight is 257 g/mol. The lowest BCUT2D eigenvalue weighted by atomic mass is 10.1. The van der Waals surface area contributed by atoms with E-state index in [2.05, 4.69) is 29.1 Å². The standard InChI is InChI=1S/C10H15N3OS2/c1-6(2)8-5-15-9(13-8)11-3-7-4-16-10(14)12-7/h4,6,8H,3,5H2,1-2H3,(H,11,13)(H,12,14). The highest BCUT2D eigenvalue weighted by atomic mass is 32.2. The van der Waals surface area contributed by atoms with Crippen molar-refractivity contribution >= 4 is 28.3 Å². The van der Waals surface area contributed by atoms with Gasteiger partial charge in [-0.25, -0.2) is 0 Å². The minimum absolute atomic E-state index is 0.0118. The smallest absolute Gasteiger partial charge is 0.304 e. The second-order valence-corrected chi connectivity index (χ2v) is 5.95. The fourth-order valence-electron chi connectivity index (χ4n) is 1.41. The number of nitrogens with zero attached hydrogens (tertiary/aromatic N) is 1. The molecule has 0 saturated carbocycles. The molecule has 0 aliphatic carbocycles. The summed E-state index contributed by atoms with van der Waals surface area (Å²) in [6, 6.07) is 0.519. The molecule has 0 bridgehead atoms. The summed E-state index contributed by atoms with van der Waals surface area (Å²) >= 11 is 2.94. The Labute approximate surface area is 103 Å². The lowest BCUT2D eigenvalue weighted by Crippen LogP contribution is -2.31. The highest BCUT2D eigenvalue weighted by Crippen LogP contribution is 2.19. The first-order chi connectivity index (χ1) is 7.65. The zero-order chi connectivity index (χ0) is 11.5. The molecule has 2 heterocycles. The predicted octanol–water partition coefficient (Wildman–Crippen LogP) is 1.65. The maximum atomic E-state index is 10.9. The first-order valence-corrected chi connectivity index (χ1v) is 7.12. The Kier molecular flexibility index (Phi) is 3.70. The van der Waals surface area contributed by atoms with Crippen molar-refractivity contribution in [2.45, 2.75) is 26.4 Å². The average Bonchev–Trinajstić information content (AvgIpc) is 2.83. The highest BCUT2D eigenvalue weighted by molar-refractivity contribution is 8.14. The van der Waals surface area contributed by atoms with E-state index in [1.807, 2.05) is 5.38 Å². The number of hydrogen-bond donors (Lipinski definition) is 2. The second-order valence-electron chi connectivity index (χ2n) is 4.10. The summed E-state index contributed by atoms with van der Waals surface area (Å²) in [7, 11) is 0. The van der Waals surface area contributed by atoms with Crippen molar-refractivity contribution < 1.29 is 0 Å². The van der Waals surface area contributed by atoms with Crippen molar-refractivity contribution in [2.75, 3.05) is 5.75 Å². The number of rotatable bonds is 3. The Balaban J connectivity index is 1.92. The lowest BCUT2D eigenvalue weighted by Gasteiger charge is -2.12. The molecule has 2 N–H and O–H groups in total. The topological polar surface area (TPSA) is 57.2 Å². The van der Waals surface area contributed by atoms with Crippen LogP contribution in [-0.2, 0) is 6.54 Å². The molecule has 1 aliphatic heterocycles. The predicted molar refractivity (Wildman–Crippen MR) is 70.3 cm³/mol. The van der Waals surface area contributed by atoms with Crippen molar-refractivity contribution in [2.24, 2.45) is 10.9 Å². The van der Waals surface area contributed by atoms with Crippen molar-refractivity contribution in [1.29, 1.82) is 0 Å². The number of amidine groups is 1. The van der Waals surface area contributed by atoms with Crippen LogP contribution >= 0.6 is 23.1 Å². The number of H-pyrrole nitrogens is 1. The second kappa shape index (κ2) is 5.05. The van der Waals surface area contributed by atoms with Gasteiger partial charge >= 0.3 is 4.87 Å². The number of aromatic amines is 1. The molecule has 0 radical (unpaired) electrons. The van der Waals surface area contributed by atoms with Crippen LogP contribution in [0.4, 0.5) is 0 Å². The molecule has 16 heavy (non-hydrogen) atoms. The highest BCUT2D eigenvalue weighted by Gasteiger charge is 2.22. The van der Waals surface area contributed by atoms with E-state index >= 15 is 0 Å². The summed E-state index contributed by atoms with van der Waals surface area (Å²) in [5.41, 5.74) is 0.887. The number of aromatic nitrogens is 1. The summed E-state index contributed by atoms with van der Waals surface area (Å²) in [4.78, 5) is 18.1. The van der Waals surface area contributed by atoms with Crippen molar-refractivity contribution in [3.05, 3.63) is 20.7 Å². The van der Waals surface area contributed by atoms with Crippen LogP contribution in [0.15, 0.2) is 15.2 Å². The molecule has 6 heteroatoms. The SMILES string of the molecule is CC(C)C1CSC(=NCc2csc(=O)[nH]2)N1. The molecule has 0 aromatic carbocycles. The van der Waals surface area contributed by atoms with E-state index in [4.69, 9.17) is 0 Å². The van der Waals surface area contributed by atoms with Crippen molar-refractivity contribution in [3.8, 4) is 0 Å². The summed E-state index contributed by atoms with van der Waals surface area (Å²) < 4.78 is 0. The van der Waals surface area contributed by atoms with Gasteiger partial charge in [0.2, 0.25) is 0 Å². The van der Waals surface area contributed by atoms with Crippen molar-refractivity contribution in [3.63, 3.8) is 0 Å². The van der Waals surface area contributed by atoms with Gasteiger partial charge in [-0.05, 0) is 5.92 Å². The van der Waals surface area contributed by atoms with Crippen LogP contribution in [0, 0.1) is 5.92 Å². The van der Waals surface area contributed by atoms with Crippen LogP contribution < -0.4 is 10.2 Å². The van der Waals surface area contributed by atoms with E-state index in [0.717, 1.165) is 16.6 Å². The van der Waals surface area contributed by atoms with E-state index in [-0.39, 0.29) is 4.87 Å². The van der Waals surface area contributed by atoms with Crippen molar-refractivity contribution in [1.82, 2.24) is 10.3 Å². The van der Waals surface area contributed by atoms with Gasteiger partial charge in [0.05, 0.1) is 12.2 Å². The number of hydrogen-bond acceptors (Lipinski definition) is 4. The number of thioether (sulfide) groups is 1. The van der Waals surface area contributed by atoms with Gasteiger partial charge in [-0.1, -0.05) is 36.9 Å². The fraction of sp³-hybridized carbons (Fsp3) is 0.600. The Morgan fingerprint density at radius 2 is 2.44 bits per heavy atom. The van der Waals surface area contributed by atoms with Gasteiger partial charge in [0.15, 0.2) is 5.17 Å². The van der Waals surface area contributed by atoms with E-state index in [1.54, 1.807) is 11.8 Å². The molecule has 1 fully saturated rings. The molecule has 1 aromatic heterocycles. The first kappa shape index (κ1) is 11.7. The van der Waals surface area contributed by atoms with Crippen LogP contribution in [0.1, 0.15) is 19.5 Å². The molecule has 2 rings (SSSR count). The Morgan fingerprint density at radius 1 is 1.62 bits per heavy atom. The normalized spacial score (nSPS) is 22.9. The molecular formula is C10H15N3OS2. The number of nitrogens with one attached hydrogen (secondary N) is 2. The minimum atomic E-state index is -0.0118. The number of aliphatic imine (C=N–C) groups is 1. The van der Waals surface area contributed by atoms with E-state index in [0.29, 0.717) is 18.5 Å². The van der Waals surface area contributed by atoms with Gasteiger partial charge in [-0.3, -0.25) is 9.79 Å². The van der Waals surface area contributed by atoms with Gasteiger partial charge in [-0.2, -0.15) is 0 Å². The first-order valence-electron chi connectivity index (χ1n) is 5.25. The molecule has 4 nitrogen and oxygen atoms in total. The van der Waals surface area contributed by atoms with Gasteiger partial charge in [0, 0.05) is 17.2 Å². The third kappa shape index (κ3) is 2.89. The van der Waals surface area contributed by atoms with Crippen LogP contribution in [0.25, 0.3) is 0 Å². The molecule has 1 unspecified atom stereocenters. The fourth-order valence-corrected chi connectivity index (χ4v) is 3.18. The minimum Gasteiger partial charge on any atom is -0.361 e. The Hall–Kier alpha value is -0.750. The molecule has 1 atom stereocenters. The zero-order valence-electron chi connectivity index (χ0n) is 9.32. The van der Waals surface area contributed by atoms with Crippen LogP contribution in [0.3, 0.4) is 0 Å². The van der Waals surface area contributed by atoms with Crippen LogP contribution in [0.2, 0.25) is 0 Å². The summed E-state index contributed by atoms with van der Waals surface area (Å²) in [6.45, 7) is 4.97. The summed E-state index contributed by atoms with van der Waals surface area (Å²) in [6.07, 6.45) is 0. The maximum absolute atomic E-state index is 10.9. The molecule has 0 amide bonds. The van der Waals surface area contributed by atoms with E-state index in [9.17, 15) is 4.79 Å². The third-order valence-electron chi connectivity index (χ3n) is 2.48. The zero-order valence-corrected chi connectivity index (χ0v) is 11.0. The van der Waals surface area contributed by atoms with Gasteiger partial charge in [0.1, 0.15) is 0 Å². The number of thiazole rings is 1. The lowest BCUT2D eigenvalue weighted by molar-refractivity contribution is 0.503. The summed E-state index contributed by atoms with van der Waals surface area (Å²) in [5.74, 6) is 1.71. The third-order valence-corrected chi connectivity index (χ3v) is 4.24. The molecule has 1 aliphatic rings. The van der Waals surface area contributed by atoms with Crippen LogP contribution in [-0.4, -0.2) is 21.9 Å². The Bertz CT molecular complexity index is 435. The Morgan fingerprint density at radius 3 is 3.00 bits per heavy atom. The molecule has 1 saturated heterocycles. The van der Waals surface area contributed by atoms with E-state index < -0.39 is 0 Å². The maximum Gasteiger partial charge on any atom is 0.304 e. The van der Waals surface area contributed by atoms with Crippen LogP contribution in [0.5, 0.6) is 0 Å². The van der Waals surface area contributed by atoms with Gasteiger partial charge in [-0.15, -0.1) is 0 Å². The molecule has 88 valence electrons. The van der Waals surface area contributed by atoms with Gasteiger partial charge < -0.3 is 10.3 Å². The quantitative estimate of drug-likeness (QED) is 0.865. The monoisotopic (exact) mass is 257 g/mol. The molecular weight excluding hydrogens is 242 g/mol. The molecule has 0 spiro atoms. The molecule has 1 aromatic rings. The van der Waals surface area contributed by atoms with E-state index in [1.165, 1.54) is 11.3 Å².